The van der Waals surface area contributed by atoms with Crippen LogP contribution in [0.3, 0.4) is 0 Å². The maximum atomic E-state index is 13.2. The van der Waals surface area contributed by atoms with Crippen LogP contribution >= 0.6 is 0 Å². The fourth-order valence-corrected chi connectivity index (χ4v) is 5.84. The van der Waals surface area contributed by atoms with Crippen LogP contribution in [0.5, 0.6) is 0 Å². The van der Waals surface area contributed by atoms with Gasteiger partial charge in [0.25, 0.3) is 0 Å². The largest absolute Gasteiger partial charge is 0.444 e. The number of likely N-dealkylation sites (tertiary alicyclic amines) is 1. The second-order valence-corrected chi connectivity index (χ2v) is 12.4. The normalized spacial score (nSPS) is 19.4. The van der Waals surface area contributed by atoms with E-state index in [1.54, 1.807) is 56.0 Å². The summed E-state index contributed by atoms with van der Waals surface area (Å²) in [6.45, 7) is 6.23. The van der Waals surface area contributed by atoms with Crippen LogP contribution in [0.15, 0.2) is 30.3 Å². The highest BCUT2D eigenvalue weighted by molar-refractivity contribution is 7.90. The number of morpholine rings is 1. The molecular weight excluding hydrogens is 502 g/mol. The fourth-order valence-electron chi connectivity index (χ4n) is 4.14. The van der Waals surface area contributed by atoms with Gasteiger partial charge >= 0.3 is 6.09 Å². The minimum atomic E-state index is -3.77. The Hall–Kier alpha value is -2.99. The van der Waals surface area contributed by atoms with E-state index in [1.807, 2.05) is 0 Å². The van der Waals surface area contributed by atoms with Gasteiger partial charge in [-0.2, -0.15) is 0 Å². The van der Waals surface area contributed by atoms with Crippen molar-refractivity contribution in [2.45, 2.75) is 44.6 Å². The molecule has 2 unspecified atom stereocenters. The number of nitrogens with one attached hydrogen (secondary N) is 1. The zero-order valence-electron chi connectivity index (χ0n) is 21.5. The van der Waals surface area contributed by atoms with E-state index in [-0.39, 0.29) is 31.2 Å². The van der Waals surface area contributed by atoms with E-state index in [0.717, 1.165) is 0 Å². The average molecular weight is 538 g/mol. The molecule has 1 N–H and O–H groups in total. The van der Waals surface area contributed by atoms with Gasteiger partial charge < -0.3 is 19.7 Å². The van der Waals surface area contributed by atoms with Crippen molar-refractivity contribution in [3.05, 3.63) is 35.9 Å². The molecule has 2 atom stereocenters. The van der Waals surface area contributed by atoms with Crippen molar-refractivity contribution in [1.82, 2.24) is 15.1 Å². The van der Waals surface area contributed by atoms with E-state index in [2.05, 4.69) is 5.32 Å². The zero-order chi connectivity index (χ0) is 27.2. The lowest BCUT2D eigenvalue weighted by Gasteiger charge is -2.28. The van der Waals surface area contributed by atoms with Gasteiger partial charge in [0.1, 0.15) is 11.6 Å². The number of nitrogens with zero attached hydrogens (tertiary/aromatic N) is 2. The lowest BCUT2D eigenvalue weighted by molar-refractivity contribution is -0.139. The first-order chi connectivity index (χ1) is 17.3. The monoisotopic (exact) mass is 537 g/mol. The van der Waals surface area contributed by atoms with Gasteiger partial charge in [-0.3, -0.25) is 19.3 Å². The molecule has 0 radical (unpaired) electrons. The molecule has 2 aliphatic rings. The zero-order valence-corrected chi connectivity index (χ0v) is 22.3. The molecule has 1 aromatic carbocycles. The number of carbonyl (C=O) groups excluding carboxylic acids is 4. The highest BCUT2D eigenvalue weighted by Gasteiger charge is 2.39. The molecule has 0 aliphatic carbocycles. The molecule has 2 fully saturated rings. The van der Waals surface area contributed by atoms with Gasteiger partial charge in [-0.05, 0) is 26.3 Å². The summed E-state index contributed by atoms with van der Waals surface area (Å²) in [4.78, 5) is 53.8. The Morgan fingerprint density at radius 1 is 1.11 bits per heavy atom. The van der Waals surface area contributed by atoms with Gasteiger partial charge in [0, 0.05) is 19.5 Å². The summed E-state index contributed by atoms with van der Waals surface area (Å²) in [7, 11) is -3.77. The molecule has 0 bridgehead atoms. The minimum Gasteiger partial charge on any atom is -0.444 e. The van der Waals surface area contributed by atoms with Crippen molar-refractivity contribution in [2.24, 2.45) is 5.92 Å². The molecule has 3 rings (SSSR count). The number of hydrogen-bond donors (Lipinski definition) is 1. The van der Waals surface area contributed by atoms with Crippen LogP contribution in [-0.2, 0) is 39.4 Å². The van der Waals surface area contributed by atoms with Crippen LogP contribution in [0.1, 0.15) is 32.8 Å². The SMILES string of the molecule is CC(C)(C)OC(=O)N1CC(=O)C(NC(=O)C(CC(=O)N2CCOCC2)CS(=O)(=O)Cc2ccccc2)C1. The number of carbonyl (C=O) groups is 4. The first-order valence-corrected chi connectivity index (χ1v) is 14.1. The summed E-state index contributed by atoms with van der Waals surface area (Å²) < 4.78 is 36.5. The summed E-state index contributed by atoms with van der Waals surface area (Å²) in [5.41, 5.74) is -0.181. The third kappa shape index (κ3) is 8.81. The van der Waals surface area contributed by atoms with E-state index in [1.165, 1.54) is 4.90 Å². The number of ketones is 1. The van der Waals surface area contributed by atoms with Crippen LogP contribution in [0.4, 0.5) is 4.79 Å². The van der Waals surface area contributed by atoms with Crippen molar-refractivity contribution in [1.29, 1.82) is 0 Å². The Bertz CT molecular complexity index is 1090. The van der Waals surface area contributed by atoms with E-state index in [9.17, 15) is 27.6 Å². The Morgan fingerprint density at radius 3 is 2.38 bits per heavy atom. The summed E-state index contributed by atoms with van der Waals surface area (Å²) in [6.07, 6.45) is -1.00. The molecule has 0 aromatic heterocycles. The van der Waals surface area contributed by atoms with Gasteiger partial charge in [-0.15, -0.1) is 0 Å². The fraction of sp³-hybridized carbons (Fsp3) is 0.600. The van der Waals surface area contributed by atoms with Crippen LogP contribution in [-0.4, -0.2) is 98.7 Å². The van der Waals surface area contributed by atoms with E-state index in [0.29, 0.717) is 31.9 Å². The van der Waals surface area contributed by atoms with Crippen molar-refractivity contribution in [2.75, 3.05) is 45.1 Å². The quantitative estimate of drug-likeness (QED) is 0.513. The maximum absolute atomic E-state index is 13.2. The number of amides is 3. The lowest BCUT2D eigenvalue weighted by atomic mass is 10.0. The van der Waals surface area contributed by atoms with Crippen molar-refractivity contribution in [3.63, 3.8) is 0 Å². The first kappa shape index (κ1) is 28.6. The Morgan fingerprint density at radius 2 is 1.76 bits per heavy atom. The van der Waals surface area contributed by atoms with Crippen molar-refractivity contribution in [3.8, 4) is 0 Å². The molecule has 204 valence electrons. The molecule has 2 saturated heterocycles. The average Bonchev–Trinajstić information content (AvgIpc) is 3.18. The van der Waals surface area contributed by atoms with Gasteiger partial charge in [0.05, 0.1) is 43.7 Å². The van der Waals surface area contributed by atoms with Crippen LogP contribution < -0.4 is 5.32 Å². The predicted octanol–water partition coefficient (Wildman–Crippen LogP) is 0.771. The highest BCUT2D eigenvalue weighted by atomic mass is 32.2. The minimum absolute atomic E-state index is 0.0968. The van der Waals surface area contributed by atoms with Gasteiger partial charge in [0.15, 0.2) is 15.6 Å². The van der Waals surface area contributed by atoms with E-state index < -0.39 is 50.9 Å². The van der Waals surface area contributed by atoms with Gasteiger partial charge in [0.2, 0.25) is 11.8 Å². The predicted molar refractivity (Wildman–Crippen MR) is 134 cm³/mol. The second kappa shape index (κ2) is 12.0. The first-order valence-electron chi connectivity index (χ1n) is 12.2. The second-order valence-electron chi connectivity index (χ2n) is 10.3. The summed E-state index contributed by atoms with van der Waals surface area (Å²) >= 11 is 0. The third-order valence-corrected chi connectivity index (χ3v) is 7.63. The number of Topliss-reactive ketones (excluding diaryl/α,β-unsaturated/α-hetero) is 1. The van der Waals surface area contributed by atoms with Crippen LogP contribution in [0.25, 0.3) is 0 Å². The molecule has 12 heteroatoms. The molecule has 2 heterocycles. The number of rotatable bonds is 8. The molecule has 11 nitrogen and oxygen atoms in total. The van der Waals surface area contributed by atoms with Crippen LogP contribution in [0.2, 0.25) is 0 Å². The third-order valence-electron chi connectivity index (χ3n) is 5.95. The summed E-state index contributed by atoms with van der Waals surface area (Å²) in [5, 5.41) is 2.57. The molecule has 0 saturated carbocycles. The highest BCUT2D eigenvalue weighted by Crippen LogP contribution is 2.18. The Labute approximate surface area is 217 Å². The molecule has 2 aliphatic heterocycles. The summed E-state index contributed by atoms with van der Waals surface area (Å²) in [6, 6.07) is 7.55. The number of benzene rings is 1. The van der Waals surface area contributed by atoms with E-state index in [4.69, 9.17) is 9.47 Å². The topological polar surface area (TPSA) is 139 Å². The Balaban J connectivity index is 1.71. The molecule has 1 aromatic rings. The smallest absolute Gasteiger partial charge is 0.410 e. The van der Waals surface area contributed by atoms with Crippen molar-refractivity contribution < 1.29 is 37.1 Å². The standard InChI is InChI=1S/C25H35N3O8S/c1-25(2,3)36-24(32)28-14-20(21(29)15-28)26-23(31)19(13-22(30)27-9-11-35-12-10-27)17-37(33,34)16-18-7-5-4-6-8-18/h4-8,19-20H,9-17H2,1-3H3,(H,26,31). The number of ether oxygens (including phenoxy) is 2. The lowest BCUT2D eigenvalue weighted by Crippen LogP contribution is -2.48. The van der Waals surface area contributed by atoms with E-state index >= 15 is 0 Å². The molecular formula is C25H35N3O8S. The molecule has 3 amide bonds. The molecule has 0 spiro atoms. The molecule has 37 heavy (non-hydrogen) atoms. The number of hydrogen-bond acceptors (Lipinski definition) is 8. The summed E-state index contributed by atoms with van der Waals surface area (Å²) in [5.74, 6) is -3.51. The Kier molecular flexibility index (Phi) is 9.30. The van der Waals surface area contributed by atoms with Gasteiger partial charge in [-0.25, -0.2) is 13.2 Å². The maximum Gasteiger partial charge on any atom is 0.410 e. The number of sulfone groups is 1. The van der Waals surface area contributed by atoms with Gasteiger partial charge in [-0.1, -0.05) is 30.3 Å². The van der Waals surface area contributed by atoms with Crippen molar-refractivity contribution >= 4 is 33.5 Å². The van der Waals surface area contributed by atoms with Crippen LogP contribution in [0, 0.1) is 5.92 Å².